The summed E-state index contributed by atoms with van der Waals surface area (Å²) in [6.45, 7) is 7.04. The molecule has 1 rings (SSSR count). The molecule has 1 atom stereocenters. The molecule has 5 heteroatoms. The minimum absolute atomic E-state index is 0.659. The summed E-state index contributed by atoms with van der Waals surface area (Å²) >= 11 is 0. The van der Waals surface area contributed by atoms with Crippen LogP contribution in [0, 0.1) is 0 Å². The second-order valence-electron chi connectivity index (χ2n) is 4.71. The number of hydrogen-bond acceptors (Lipinski definition) is 4. The number of rotatable bonds is 9. The minimum atomic E-state index is -0.842. The molecule has 0 aliphatic carbocycles. The van der Waals surface area contributed by atoms with E-state index >= 15 is 0 Å². The van der Waals surface area contributed by atoms with Crippen LogP contribution in [0.5, 0.6) is 0 Å². The van der Waals surface area contributed by atoms with Gasteiger partial charge in [-0.2, -0.15) is 5.10 Å². The largest absolute Gasteiger partial charge is 0.384 e. The lowest BCUT2D eigenvalue weighted by atomic mass is 9.98. The standard InChI is InChI=1S/C13H25N3O2/c1-4-10-16-12(5-7-15-16)13(2,17)6-8-14-9-11-18-3/h5,7,14,17H,4,6,8-11H2,1-3H3. The molecule has 1 aromatic rings. The normalized spacial score (nSPS) is 14.7. The highest BCUT2D eigenvalue weighted by molar-refractivity contribution is 5.10. The van der Waals surface area contributed by atoms with Crippen LogP contribution in [0.4, 0.5) is 0 Å². The second-order valence-corrected chi connectivity index (χ2v) is 4.71. The molecular formula is C13H25N3O2. The van der Waals surface area contributed by atoms with Crippen molar-refractivity contribution < 1.29 is 9.84 Å². The fourth-order valence-electron chi connectivity index (χ4n) is 1.94. The average Bonchev–Trinajstić information content (AvgIpc) is 2.78. The second kappa shape index (κ2) is 7.51. The summed E-state index contributed by atoms with van der Waals surface area (Å²) in [5.41, 5.74) is 0.0454. The molecule has 0 fully saturated rings. The van der Waals surface area contributed by atoms with Crippen LogP contribution in [-0.2, 0) is 16.9 Å². The first kappa shape index (κ1) is 15.1. The van der Waals surface area contributed by atoms with Crippen LogP contribution in [0.15, 0.2) is 12.3 Å². The van der Waals surface area contributed by atoms with Gasteiger partial charge < -0.3 is 15.2 Å². The third-order valence-electron chi connectivity index (χ3n) is 2.98. The van der Waals surface area contributed by atoms with Crippen LogP contribution in [0.25, 0.3) is 0 Å². The Hall–Kier alpha value is -0.910. The summed E-state index contributed by atoms with van der Waals surface area (Å²) in [5.74, 6) is 0. The summed E-state index contributed by atoms with van der Waals surface area (Å²) in [6.07, 6.45) is 3.42. The highest BCUT2D eigenvalue weighted by atomic mass is 16.5. The maximum absolute atomic E-state index is 10.5. The van der Waals surface area contributed by atoms with Gasteiger partial charge in [-0.25, -0.2) is 0 Å². The van der Waals surface area contributed by atoms with E-state index in [1.165, 1.54) is 0 Å². The molecule has 0 aliphatic rings. The van der Waals surface area contributed by atoms with Crippen molar-refractivity contribution in [1.29, 1.82) is 0 Å². The maximum Gasteiger partial charge on any atom is 0.105 e. The summed E-state index contributed by atoms with van der Waals surface area (Å²) in [6, 6.07) is 1.89. The van der Waals surface area contributed by atoms with Gasteiger partial charge in [0.15, 0.2) is 0 Å². The highest BCUT2D eigenvalue weighted by Gasteiger charge is 2.26. The predicted molar refractivity (Wildman–Crippen MR) is 71.5 cm³/mol. The van der Waals surface area contributed by atoms with E-state index in [1.54, 1.807) is 13.3 Å². The molecule has 0 saturated heterocycles. The van der Waals surface area contributed by atoms with Crippen molar-refractivity contribution in [2.75, 3.05) is 26.8 Å². The Bertz CT molecular complexity index is 337. The number of ether oxygens (including phenoxy) is 1. The summed E-state index contributed by atoms with van der Waals surface area (Å²) in [5, 5.41) is 18.0. The van der Waals surface area contributed by atoms with Gasteiger partial charge in [-0.1, -0.05) is 6.92 Å². The van der Waals surface area contributed by atoms with Crippen LogP contribution >= 0.6 is 0 Å². The molecule has 0 aliphatic heterocycles. The first-order valence-electron chi connectivity index (χ1n) is 6.56. The van der Waals surface area contributed by atoms with E-state index in [2.05, 4.69) is 17.3 Å². The molecule has 1 heterocycles. The average molecular weight is 255 g/mol. The van der Waals surface area contributed by atoms with Crippen molar-refractivity contribution >= 4 is 0 Å². The van der Waals surface area contributed by atoms with E-state index in [4.69, 9.17) is 4.74 Å². The first-order valence-corrected chi connectivity index (χ1v) is 6.56. The fourth-order valence-corrected chi connectivity index (χ4v) is 1.94. The monoisotopic (exact) mass is 255 g/mol. The Morgan fingerprint density at radius 1 is 1.50 bits per heavy atom. The van der Waals surface area contributed by atoms with Crippen LogP contribution in [0.3, 0.4) is 0 Å². The molecule has 0 bridgehead atoms. The Balaban J connectivity index is 2.48. The third kappa shape index (κ3) is 4.40. The van der Waals surface area contributed by atoms with Gasteiger partial charge >= 0.3 is 0 Å². The lowest BCUT2D eigenvalue weighted by Gasteiger charge is -2.24. The zero-order valence-electron chi connectivity index (χ0n) is 11.6. The summed E-state index contributed by atoms with van der Waals surface area (Å²) < 4.78 is 6.84. The van der Waals surface area contributed by atoms with Crippen LogP contribution < -0.4 is 5.32 Å². The molecule has 0 radical (unpaired) electrons. The van der Waals surface area contributed by atoms with Gasteiger partial charge in [0.05, 0.1) is 12.3 Å². The topological polar surface area (TPSA) is 59.3 Å². The Kier molecular flexibility index (Phi) is 6.32. The number of hydrogen-bond donors (Lipinski definition) is 2. The smallest absolute Gasteiger partial charge is 0.105 e. The van der Waals surface area contributed by atoms with E-state index in [9.17, 15) is 5.11 Å². The lowest BCUT2D eigenvalue weighted by molar-refractivity contribution is 0.0380. The molecule has 0 amide bonds. The van der Waals surface area contributed by atoms with Gasteiger partial charge in [-0.05, 0) is 32.4 Å². The zero-order valence-corrected chi connectivity index (χ0v) is 11.6. The Labute approximate surface area is 109 Å². The van der Waals surface area contributed by atoms with E-state index in [0.29, 0.717) is 13.0 Å². The van der Waals surface area contributed by atoms with Crippen molar-refractivity contribution in [3.05, 3.63) is 18.0 Å². The zero-order chi connectivity index (χ0) is 13.4. The number of aromatic nitrogens is 2. The van der Waals surface area contributed by atoms with Crippen molar-refractivity contribution in [3.8, 4) is 0 Å². The predicted octanol–water partition coefficient (Wildman–Crippen LogP) is 1.13. The molecule has 104 valence electrons. The Morgan fingerprint density at radius 3 is 2.94 bits per heavy atom. The number of aliphatic hydroxyl groups is 1. The van der Waals surface area contributed by atoms with Crippen molar-refractivity contribution in [3.63, 3.8) is 0 Å². The molecule has 2 N–H and O–H groups in total. The van der Waals surface area contributed by atoms with Gasteiger partial charge in [0.1, 0.15) is 5.60 Å². The molecule has 0 saturated carbocycles. The lowest BCUT2D eigenvalue weighted by Crippen LogP contribution is -2.31. The molecule has 5 nitrogen and oxygen atoms in total. The van der Waals surface area contributed by atoms with Crippen LogP contribution in [0.2, 0.25) is 0 Å². The van der Waals surface area contributed by atoms with Crippen LogP contribution in [0.1, 0.15) is 32.4 Å². The van der Waals surface area contributed by atoms with Gasteiger partial charge in [0.2, 0.25) is 0 Å². The van der Waals surface area contributed by atoms with Gasteiger partial charge in [0, 0.05) is 26.4 Å². The number of methoxy groups -OCH3 is 1. The van der Waals surface area contributed by atoms with E-state index in [0.717, 1.165) is 31.7 Å². The van der Waals surface area contributed by atoms with Crippen molar-refractivity contribution in [2.24, 2.45) is 0 Å². The summed E-state index contributed by atoms with van der Waals surface area (Å²) in [4.78, 5) is 0. The number of aryl methyl sites for hydroxylation is 1. The van der Waals surface area contributed by atoms with E-state index < -0.39 is 5.60 Å². The number of nitrogens with zero attached hydrogens (tertiary/aromatic N) is 2. The van der Waals surface area contributed by atoms with Gasteiger partial charge in [-0.15, -0.1) is 0 Å². The van der Waals surface area contributed by atoms with E-state index in [-0.39, 0.29) is 0 Å². The molecule has 18 heavy (non-hydrogen) atoms. The van der Waals surface area contributed by atoms with Gasteiger partial charge in [-0.3, -0.25) is 4.68 Å². The Morgan fingerprint density at radius 2 is 2.28 bits per heavy atom. The van der Waals surface area contributed by atoms with E-state index in [1.807, 2.05) is 17.7 Å². The van der Waals surface area contributed by atoms with Crippen LogP contribution in [-0.4, -0.2) is 41.7 Å². The summed E-state index contributed by atoms with van der Waals surface area (Å²) in [7, 11) is 1.68. The number of nitrogens with one attached hydrogen (secondary N) is 1. The van der Waals surface area contributed by atoms with Gasteiger partial charge in [0.25, 0.3) is 0 Å². The molecule has 0 aromatic carbocycles. The molecule has 1 aromatic heterocycles. The third-order valence-corrected chi connectivity index (χ3v) is 2.98. The molecular weight excluding hydrogens is 230 g/mol. The molecule has 0 spiro atoms. The SMILES string of the molecule is CCCn1nccc1C(C)(O)CCNCCOC. The first-order chi connectivity index (χ1) is 8.61. The van der Waals surface area contributed by atoms with Crippen molar-refractivity contribution in [1.82, 2.24) is 15.1 Å². The molecule has 1 unspecified atom stereocenters. The maximum atomic E-state index is 10.5. The quantitative estimate of drug-likeness (QED) is 0.649. The fraction of sp³-hybridized carbons (Fsp3) is 0.769. The minimum Gasteiger partial charge on any atom is -0.384 e. The highest BCUT2D eigenvalue weighted by Crippen LogP contribution is 2.23. The van der Waals surface area contributed by atoms with Crippen molar-refractivity contribution in [2.45, 2.75) is 38.8 Å².